The van der Waals surface area contributed by atoms with E-state index in [1.807, 2.05) is 24.3 Å². The summed E-state index contributed by atoms with van der Waals surface area (Å²) >= 11 is 3.61. The molecule has 2 aromatic rings. The summed E-state index contributed by atoms with van der Waals surface area (Å²) in [5.41, 5.74) is 3.48. The molecule has 0 unspecified atom stereocenters. The van der Waals surface area contributed by atoms with Gasteiger partial charge in [-0.1, -0.05) is 47.1 Å². The summed E-state index contributed by atoms with van der Waals surface area (Å²) in [5.74, 6) is 1.55. The van der Waals surface area contributed by atoms with E-state index in [0.29, 0.717) is 6.61 Å². The largest absolute Gasteiger partial charge is 0.493 e. The van der Waals surface area contributed by atoms with E-state index >= 15 is 0 Å². The molecular weight excluding hydrogens is 342 g/mol. The van der Waals surface area contributed by atoms with Crippen LogP contribution < -0.4 is 14.8 Å². The normalized spacial score (nSPS) is 10.5. The topological polar surface area (TPSA) is 30.5 Å². The number of rotatable bonds is 7. The van der Waals surface area contributed by atoms with Crippen LogP contribution in [0, 0.1) is 6.92 Å². The lowest BCUT2D eigenvalue weighted by Gasteiger charge is -2.17. The van der Waals surface area contributed by atoms with Crippen molar-refractivity contribution in [1.82, 2.24) is 5.32 Å². The molecule has 0 aliphatic carbocycles. The molecule has 1 N–H and O–H groups in total. The second-order valence-electron chi connectivity index (χ2n) is 5.05. The zero-order chi connectivity index (χ0) is 15.9. The van der Waals surface area contributed by atoms with Gasteiger partial charge in [-0.3, -0.25) is 0 Å². The van der Waals surface area contributed by atoms with E-state index in [0.717, 1.165) is 34.6 Å². The van der Waals surface area contributed by atoms with Crippen LogP contribution >= 0.6 is 15.9 Å². The first-order valence-corrected chi connectivity index (χ1v) is 8.20. The summed E-state index contributed by atoms with van der Waals surface area (Å²) in [6.45, 7) is 6.34. The molecule has 0 spiro atoms. The molecular formula is C18H22BrNO2. The highest BCUT2D eigenvalue weighted by molar-refractivity contribution is 9.10. The van der Waals surface area contributed by atoms with Gasteiger partial charge in [0.15, 0.2) is 11.5 Å². The summed E-state index contributed by atoms with van der Waals surface area (Å²) in [5, 5.41) is 3.34. The molecule has 0 amide bonds. The van der Waals surface area contributed by atoms with Crippen molar-refractivity contribution in [3.63, 3.8) is 0 Å². The zero-order valence-corrected chi connectivity index (χ0v) is 14.9. The van der Waals surface area contributed by atoms with Crippen molar-refractivity contribution in [1.29, 1.82) is 0 Å². The Kier molecular flexibility index (Phi) is 6.28. The van der Waals surface area contributed by atoms with Crippen molar-refractivity contribution in [3.8, 4) is 11.5 Å². The highest BCUT2D eigenvalue weighted by Gasteiger charge is 2.14. The minimum Gasteiger partial charge on any atom is -0.493 e. The summed E-state index contributed by atoms with van der Waals surface area (Å²) in [4.78, 5) is 0. The molecule has 0 saturated carbocycles. The van der Waals surface area contributed by atoms with Crippen LogP contribution in [0.2, 0.25) is 0 Å². The first kappa shape index (κ1) is 16.8. The molecule has 0 aliphatic rings. The summed E-state index contributed by atoms with van der Waals surface area (Å²) in [6.07, 6.45) is 0. The second kappa shape index (κ2) is 8.20. The number of methoxy groups -OCH3 is 1. The molecule has 118 valence electrons. The lowest BCUT2D eigenvalue weighted by Crippen LogP contribution is -2.14. The van der Waals surface area contributed by atoms with Crippen molar-refractivity contribution in [3.05, 3.63) is 57.6 Å². The average molecular weight is 364 g/mol. The van der Waals surface area contributed by atoms with Gasteiger partial charge in [-0.15, -0.1) is 0 Å². The maximum Gasteiger partial charge on any atom is 0.167 e. The van der Waals surface area contributed by atoms with Crippen molar-refractivity contribution >= 4 is 15.9 Å². The SMILES string of the molecule is CCNCc1c(Br)ccc(OC)c1OCc1ccccc1C. The van der Waals surface area contributed by atoms with Gasteiger partial charge in [0.25, 0.3) is 0 Å². The molecule has 0 radical (unpaired) electrons. The Morgan fingerprint density at radius 1 is 1.14 bits per heavy atom. The number of hydrogen-bond donors (Lipinski definition) is 1. The number of halogens is 1. The van der Waals surface area contributed by atoms with E-state index in [-0.39, 0.29) is 0 Å². The molecule has 3 nitrogen and oxygen atoms in total. The molecule has 4 heteroatoms. The van der Waals surface area contributed by atoms with E-state index < -0.39 is 0 Å². The van der Waals surface area contributed by atoms with Crippen LogP contribution in [0.4, 0.5) is 0 Å². The van der Waals surface area contributed by atoms with Crippen LogP contribution in [0.15, 0.2) is 40.9 Å². The average Bonchev–Trinajstić information content (AvgIpc) is 2.53. The fourth-order valence-corrected chi connectivity index (χ4v) is 2.69. The molecule has 0 saturated heterocycles. The Bertz CT molecular complexity index is 628. The number of benzene rings is 2. The first-order valence-electron chi connectivity index (χ1n) is 7.40. The Morgan fingerprint density at radius 3 is 2.59 bits per heavy atom. The fourth-order valence-electron chi connectivity index (χ4n) is 2.24. The molecule has 0 aliphatic heterocycles. The van der Waals surface area contributed by atoms with Crippen LogP contribution in [-0.2, 0) is 13.2 Å². The number of nitrogens with one attached hydrogen (secondary N) is 1. The summed E-state index contributed by atoms with van der Waals surface area (Å²) < 4.78 is 12.6. The van der Waals surface area contributed by atoms with Crippen LogP contribution in [0.5, 0.6) is 11.5 Å². The maximum atomic E-state index is 6.11. The standard InChI is InChI=1S/C18H22BrNO2/c1-4-20-11-15-16(19)9-10-17(21-3)18(15)22-12-14-8-6-5-7-13(14)2/h5-10,20H,4,11-12H2,1-3H3. The number of ether oxygens (including phenoxy) is 2. The molecule has 0 bridgehead atoms. The van der Waals surface area contributed by atoms with E-state index in [2.05, 4.69) is 47.2 Å². The van der Waals surface area contributed by atoms with Gasteiger partial charge in [-0.05, 0) is 36.7 Å². The van der Waals surface area contributed by atoms with E-state index in [1.165, 1.54) is 11.1 Å². The summed E-state index contributed by atoms with van der Waals surface area (Å²) in [7, 11) is 1.67. The second-order valence-corrected chi connectivity index (χ2v) is 5.91. The molecule has 2 aromatic carbocycles. The Morgan fingerprint density at radius 2 is 1.91 bits per heavy atom. The maximum absolute atomic E-state index is 6.11. The van der Waals surface area contributed by atoms with E-state index in [4.69, 9.17) is 9.47 Å². The predicted octanol–water partition coefficient (Wildman–Crippen LogP) is 4.45. The van der Waals surface area contributed by atoms with Crippen LogP contribution in [-0.4, -0.2) is 13.7 Å². The lowest BCUT2D eigenvalue weighted by atomic mass is 10.1. The van der Waals surface area contributed by atoms with Gasteiger partial charge in [0, 0.05) is 16.6 Å². The molecule has 0 heterocycles. The first-order chi connectivity index (χ1) is 10.7. The number of hydrogen-bond acceptors (Lipinski definition) is 3. The minimum atomic E-state index is 0.526. The van der Waals surface area contributed by atoms with Crippen molar-refractivity contribution in [2.75, 3.05) is 13.7 Å². The lowest BCUT2D eigenvalue weighted by molar-refractivity contribution is 0.280. The van der Waals surface area contributed by atoms with Crippen LogP contribution in [0.1, 0.15) is 23.6 Å². The third-order valence-electron chi connectivity index (χ3n) is 3.57. The zero-order valence-electron chi connectivity index (χ0n) is 13.3. The van der Waals surface area contributed by atoms with Crippen molar-refractivity contribution < 1.29 is 9.47 Å². The van der Waals surface area contributed by atoms with Gasteiger partial charge in [0.1, 0.15) is 6.61 Å². The van der Waals surface area contributed by atoms with Crippen molar-refractivity contribution in [2.45, 2.75) is 27.0 Å². The summed E-state index contributed by atoms with van der Waals surface area (Å²) in [6, 6.07) is 12.2. The highest BCUT2D eigenvalue weighted by Crippen LogP contribution is 2.36. The van der Waals surface area contributed by atoms with E-state index in [1.54, 1.807) is 7.11 Å². The molecule has 22 heavy (non-hydrogen) atoms. The molecule has 0 atom stereocenters. The van der Waals surface area contributed by atoms with Gasteiger partial charge < -0.3 is 14.8 Å². The van der Waals surface area contributed by atoms with Gasteiger partial charge in [0.05, 0.1) is 7.11 Å². The van der Waals surface area contributed by atoms with Gasteiger partial charge >= 0.3 is 0 Å². The van der Waals surface area contributed by atoms with E-state index in [9.17, 15) is 0 Å². The Labute approximate surface area is 140 Å². The monoisotopic (exact) mass is 363 g/mol. The minimum absolute atomic E-state index is 0.526. The molecule has 0 aromatic heterocycles. The highest BCUT2D eigenvalue weighted by atomic mass is 79.9. The van der Waals surface area contributed by atoms with Gasteiger partial charge in [0.2, 0.25) is 0 Å². The van der Waals surface area contributed by atoms with Crippen LogP contribution in [0.25, 0.3) is 0 Å². The third kappa shape index (κ3) is 4.02. The number of aryl methyl sites for hydroxylation is 1. The molecule has 2 rings (SSSR count). The van der Waals surface area contributed by atoms with Gasteiger partial charge in [-0.2, -0.15) is 0 Å². The molecule has 0 fully saturated rings. The quantitative estimate of drug-likeness (QED) is 0.787. The smallest absolute Gasteiger partial charge is 0.167 e. The fraction of sp³-hybridized carbons (Fsp3) is 0.333. The Balaban J connectivity index is 2.27. The van der Waals surface area contributed by atoms with Crippen molar-refractivity contribution in [2.24, 2.45) is 0 Å². The predicted molar refractivity (Wildman–Crippen MR) is 93.6 cm³/mol. The third-order valence-corrected chi connectivity index (χ3v) is 4.32. The van der Waals surface area contributed by atoms with Gasteiger partial charge in [-0.25, -0.2) is 0 Å². The Hall–Kier alpha value is -1.52. The van der Waals surface area contributed by atoms with Crippen LogP contribution in [0.3, 0.4) is 0 Å².